The molecule has 0 aliphatic carbocycles. The Kier molecular flexibility index (Phi) is 3.31. The van der Waals surface area contributed by atoms with Gasteiger partial charge in [-0.05, 0) is 17.7 Å². The van der Waals surface area contributed by atoms with Crippen LogP contribution in [0.2, 0.25) is 0 Å². The monoisotopic (exact) mass is 182 g/mol. The van der Waals surface area contributed by atoms with Gasteiger partial charge in [0.2, 0.25) is 0 Å². The summed E-state index contributed by atoms with van der Waals surface area (Å²) in [5.41, 5.74) is 0.542. The van der Waals surface area contributed by atoms with Crippen LogP contribution in [0.15, 0.2) is 24.3 Å². The third kappa shape index (κ3) is 2.78. The van der Waals surface area contributed by atoms with E-state index in [2.05, 4.69) is 0 Å². The highest BCUT2D eigenvalue weighted by Crippen LogP contribution is 2.09. The Labute approximate surface area is 74.7 Å². The van der Waals surface area contributed by atoms with Crippen molar-refractivity contribution in [2.75, 3.05) is 0 Å². The Balaban J connectivity index is 2.79. The van der Waals surface area contributed by atoms with Crippen molar-refractivity contribution in [3.8, 4) is 0 Å². The van der Waals surface area contributed by atoms with Gasteiger partial charge in [0.15, 0.2) is 11.6 Å². The van der Waals surface area contributed by atoms with E-state index in [0.29, 0.717) is 5.56 Å². The molecule has 0 aliphatic heterocycles. The number of aldehydes is 1. The molecule has 0 unspecified atom stereocenters. The molecule has 0 bridgehead atoms. The van der Waals surface area contributed by atoms with Crippen LogP contribution in [0.3, 0.4) is 0 Å². The maximum Gasteiger partial charge on any atom is 0.159 e. The van der Waals surface area contributed by atoms with Gasteiger partial charge in [-0.15, -0.1) is 0 Å². The first-order chi connectivity index (χ1) is 6.24. The van der Waals surface area contributed by atoms with Crippen molar-refractivity contribution in [3.05, 3.63) is 41.5 Å². The van der Waals surface area contributed by atoms with Crippen LogP contribution in [0.5, 0.6) is 0 Å². The van der Waals surface area contributed by atoms with Crippen molar-refractivity contribution < 1.29 is 13.6 Å². The predicted molar refractivity (Wildman–Crippen MR) is 46.1 cm³/mol. The zero-order valence-electron chi connectivity index (χ0n) is 6.84. The number of carbonyl (C=O) groups is 1. The minimum Gasteiger partial charge on any atom is -0.303 e. The summed E-state index contributed by atoms with van der Waals surface area (Å²) in [5.74, 6) is -1.75. The Morgan fingerprint density at radius 2 is 2.00 bits per heavy atom. The van der Waals surface area contributed by atoms with Crippen LogP contribution in [0.1, 0.15) is 12.0 Å². The standard InChI is InChI=1S/C10H8F2O/c11-9-5-4-8(7-10(9)12)3-1-2-6-13/h1,3-7H,2H2. The van der Waals surface area contributed by atoms with Gasteiger partial charge in [0.1, 0.15) is 6.29 Å². The number of halogens is 2. The van der Waals surface area contributed by atoms with Crippen molar-refractivity contribution in [1.82, 2.24) is 0 Å². The van der Waals surface area contributed by atoms with Crippen LogP contribution in [0, 0.1) is 11.6 Å². The van der Waals surface area contributed by atoms with Crippen molar-refractivity contribution in [1.29, 1.82) is 0 Å². The molecule has 1 rings (SSSR count). The lowest BCUT2D eigenvalue weighted by molar-refractivity contribution is -0.107. The summed E-state index contributed by atoms with van der Waals surface area (Å²) in [4.78, 5) is 9.93. The van der Waals surface area contributed by atoms with Crippen molar-refractivity contribution in [3.63, 3.8) is 0 Å². The van der Waals surface area contributed by atoms with E-state index in [9.17, 15) is 13.6 Å². The van der Waals surface area contributed by atoms with Gasteiger partial charge < -0.3 is 4.79 Å². The minimum absolute atomic E-state index is 0.277. The Hall–Kier alpha value is -1.51. The highest BCUT2D eigenvalue weighted by molar-refractivity contribution is 5.57. The molecule has 0 spiro atoms. The summed E-state index contributed by atoms with van der Waals surface area (Å²) in [7, 11) is 0. The van der Waals surface area contributed by atoms with Crippen LogP contribution in [-0.4, -0.2) is 6.29 Å². The summed E-state index contributed by atoms with van der Waals surface area (Å²) in [6.45, 7) is 0. The van der Waals surface area contributed by atoms with Crippen LogP contribution in [0.25, 0.3) is 6.08 Å². The second-order valence-corrected chi connectivity index (χ2v) is 2.48. The van der Waals surface area contributed by atoms with E-state index in [4.69, 9.17) is 0 Å². The zero-order valence-corrected chi connectivity index (χ0v) is 6.84. The Morgan fingerprint density at radius 1 is 1.23 bits per heavy atom. The second-order valence-electron chi connectivity index (χ2n) is 2.48. The number of hydrogen-bond acceptors (Lipinski definition) is 1. The molecule has 0 amide bonds. The van der Waals surface area contributed by atoms with Gasteiger partial charge in [0, 0.05) is 6.42 Å². The summed E-state index contributed by atoms with van der Waals surface area (Å²) in [5, 5.41) is 0. The Bertz CT molecular complexity index is 332. The van der Waals surface area contributed by atoms with Crippen molar-refractivity contribution in [2.24, 2.45) is 0 Å². The van der Waals surface area contributed by atoms with Crippen LogP contribution < -0.4 is 0 Å². The Morgan fingerprint density at radius 3 is 2.62 bits per heavy atom. The molecule has 0 fully saturated rings. The number of hydrogen-bond donors (Lipinski definition) is 0. The lowest BCUT2D eigenvalue weighted by atomic mass is 10.2. The third-order valence-corrected chi connectivity index (χ3v) is 1.49. The third-order valence-electron chi connectivity index (χ3n) is 1.49. The molecule has 0 radical (unpaired) electrons. The molecule has 13 heavy (non-hydrogen) atoms. The topological polar surface area (TPSA) is 17.1 Å². The molecular weight excluding hydrogens is 174 g/mol. The van der Waals surface area contributed by atoms with Crippen LogP contribution in [0.4, 0.5) is 8.78 Å². The number of benzene rings is 1. The smallest absolute Gasteiger partial charge is 0.159 e. The fraction of sp³-hybridized carbons (Fsp3) is 0.100. The largest absolute Gasteiger partial charge is 0.303 e. The van der Waals surface area contributed by atoms with Crippen molar-refractivity contribution in [2.45, 2.75) is 6.42 Å². The molecule has 0 aromatic heterocycles. The van der Waals surface area contributed by atoms with E-state index < -0.39 is 11.6 Å². The first kappa shape index (κ1) is 9.58. The normalized spacial score (nSPS) is 10.6. The second kappa shape index (κ2) is 4.50. The lowest BCUT2D eigenvalue weighted by Gasteiger charge is -1.94. The first-order valence-corrected chi connectivity index (χ1v) is 3.79. The maximum atomic E-state index is 12.6. The van der Waals surface area contributed by atoms with Crippen LogP contribution >= 0.6 is 0 Å². The summed E-state index contributed by atoms with van der Waals surface area (Å²) < 4.78 is 25.0. The summed E-state index contributed by atoms with van der Waals surface area (Å²) in [6.07, 6.45) is 4.16. The molecule has 0 saturated heterocycles. The van der Waals surface area contributed by atoms with Gasteiger partial charge in [-0.3, -0.25) is 0 Å². The molecule has 0 atom stereocenters. The fourth-order valence-corrected chi connectivity index (χ4v) is 0.876. The molecule has 0 heterocycles. The van der Waals surface area contributed by atoms with E-state index in [1.165, 1.54) is 6.07 Å². The highest BCUT2D eigenvalue weighted by atomic mass is 19.2. The molecular formula is C10H8F2O. The van der Waals surface area contributed by atoms with E-state index in [0.717, 1.165) is 18.4 Å². The van der Waals surface area contributed by atoms with Gasteiger partial charge in [-0.2, -0.15) is 0 Å². The van der Waals surface area contributed by atoms with E-state index in [1.54, 1.807) is 12.2 Å². The molecule has 1 aromatic rings. The summed E-state index contributed by atoms with van der Waals surface area (Å²) >= 11 is 0. The molecule has 0 aliphatic rings. The minimum atomic E-state index is -0.881. The van der Waals surface area contributed by atoms with Gasteiger partial charge in [0.05, 0.1) is 0 Å². The fourth-order valence-electron chi connectivity index (χ4n) is 0.876. The first-order valence-electron chi connectivity index (χ1n) is 3.79. The van der Waals surface area contributed by atoms with Crippen LogP contribution in [-0.2, 0) is 4.79 Å². The number of carbonyl (C=O) groups excluding carboxylic acids is 1. The molecule has 1 aromatic carbocycles. The summed E-state index contributed by atoms with van der Waals surface area (Å²) in [6, 6.07) is 3.58. The lowest BCUT2D eigenvalue weighted by Crippen LogP contribution is -1.83. The number of allylic oxidation sites excluding steroid dienone is 1. The average Bonchev–Trinajstić information content (AvgIpc) is 2.12. The molecule has 0 saturated carbocycles. The van der Waals surface area contributed by atoms with E-state index in [1.807, 2.05) is 0 Å². The molecule has 0 N–H and O–H groups in total. The SMILES string of the molecule is O=CCC=Cc1ccc(F)c(F)c1. The maximum absolute atomic E-state index is 12.6. The van der Waals surface area contributed by atoms with E-state index >= 15 is 0 Å². The predicted octanol–water partition coefficient (Wildman–Crippen LogP) is 2.57. The van der Waals surface area contributed by atoms with Gasteiger partial charge in [-0.25, -0.2) is 8.78 Å². The van der Waals surface area contributed by atoms with Gasteiger partial charge in [0.25, 0.3) is 0 Å². The number of rotatable bonds is 3. The van der Waals surface area contributed by atoms with Crippen molar-refractivity contribution >= 4 is 12.4 Å². The van der Waals surface area contributed by atoms with E-state index in [-0.39, 0.29) is 6.42 Å². The molecule has 3 heteroatoms. The molecule has 1 nitrogen and oxygen atoms in total. The average molecular weight is 182 g/mol. The quantitative estimate of drug-likeness (QED) is 0.656. The highest BCUT2D eigenvalue weighted by Gasteiger charge is 1.99. The molecule has 68 valence electrons. The zero-order chi connectivity index (χ0) is 9.68. The van der Waals surface area contributed by atoms with Gasteiger partial charge in [-0.1, -0.05) is 18.2 Å². The van der Waals surface area contributed by atoms with Gasteiger partial charge >= 0.3 is 0 Å².